The van der Waals surface area contributed by atoms with Crippen molar-refractivity contribution in [2.24, 2.45) is 7.05 Å². The van der Waals surface area contributed by atoms with Gasteiger partial charge in [0.25, 0.3) is 0 Å². The second kappa shape index (κ2) is 9.80. The second-order valence-electron chi connectivity index (χ2n) is 6.84. The molecule has 3 rings (SSSR count). The second-order valence-corrected chi connectivity index (χ2v) is 8.26. The number of carbonyl (C=O) groups excluding carboxylic acids is 1. The molecule has 8 heteroatoms. The highest BCUT2D eigenvalue weighted by molar-refractivity contribution is 7.99. The van der Waals surface area contributed by atoms with E-state index < -0.39 is 0 Å². The summed E-state index contributed by atoms with van der Waals surface area (Å²) >= 11 is 7.76. The Bertz CT molecular complexity index is 973. The lowest BCUT2D eigenvalue weighted by atomic mass is 10.0. The summed E-state index contributed by atoms with van der Waals surface area (Å²) in [5.74, 6) is 1.11. The van der Waals surface area contributed by atoms with Crippen LogP contribution in [0.5, 0.6) is 5.75 Å². The highest BCUT2D eigenvalue weighted by atomic mass is 35.5. The van der Waals surface area contributed by atoms with Crippen LogP contribution in [0.15, 0.2) is 58.8 Å². The molecule has 0 saturated carbocycles. The summed E-state index contributed by atoms with van der Waals surface area (Å²) in [4.78, 5) is 13.0. The maximum atomic E-state index is 12.2. The highest BCUT2D eigenvalue weighted by Gasteiger charge is 2.10. The lowest BCUT2D eigenvalue weighted by Crippen LogP contribution is -2.15. The Balaban J connectivity index is 1.48. The van der Waals surface area contributed by atoms with Crippen molar-refractivity contribution < 1.29 is 9.53 Å². The molecule has 2 aromatic carbocycles. The van der Waals surface area contributed by atoms with Gasteiger partial charge in [0.05, 0.1) is 18.1 Å². The summed E-state index contributed by atoms with van der Waals surface area (Å²) in [6.07, 6.45) is 1.88. The zero-order valence-corrected chi connectivity index (χ0v) is 18.1. The predicted molar refractivity (Wildman–Crippen MR) is 116 cm³/mol. The van der Waals surface area contributed by atoms with Crippen molar-refractivity contribution in [1.29, 1.82) is 0 Å². The van der Waals surface area contributed by atoms with E-state index >= 15 is 0 Å². The Morgan fingerprint density at radius 2 is 2.00 bits per heavy atom. The van der Waals surface area contributed by atoms with E-state index in [0.29, 0.717) is 23.2 Å². The summed E-state index contributed by atoms with van der Waals surface area (Å²) in [5, 5.41) is 12.0. The number of hydrogen-bond acceptors (Lipinski definition) is 5. The number of nitrogens with one attached hydrogen (secondary N) is 1. The number of anilines is 1. The quantitative estimate of drug-likeness (QED) is 0.535. The van der Waals surface area contributed by atoms with E-state index in [2.05, 4.69) is 29.4 Å². The highest BCUT2D eigenvalue weighted by Crippen LogP contribution is 2.33. The van der Waals surface area contributed by atoms with Crippen molar-refractivity contribution in [3.05, 3.63) is 59.4 Å². The van der Waals surface area contributed by atoms with Gasteiger partial charge >= 0.3 is 0 Å². The SMILES string of the molecule is CC(C)c1ccc(OCCC(=O)Nc2ccc(Sc3nncn3C)c(Cl)c2)cc1. The molecular weight excluding hydrogens is 408 g/mol. The van der Waals surface area contributed by atoms with Crippen LogP contribution < -0.4 is 10.1 Å². The van der Waals surface area contributed by atoms with Crippen molar-refractivity contribution in [2.45, 2.75) is 36.2 Å². The first kappa shape index (κ1) is 21.2. The van der Waals surface area contributed by atoms with Crippen LogP contribution in [0.3, 0.4) is 0 Å². The molecule has 29 heavy (non-hydrogen) atoms. The number of aromatic nitrogens is 3. The smallest absolute Gasteiger partial charge is 0.227 e. The molecule has 0 spiro atoms. The third kappa shape index (κ3) is 5.98. The van der Waals surface area contributed by atoms with Gasteiger partial charge < -0.3 is 14.6 Å². The normalized spacial score (nSPS) is 10.9. The number of rotatable bonds is 8. The van der Waals surface area contributed by atoms with Gasteiger partial charge in [-0.3, -0.25) is 4.79 Å². The number of carbonyl (C=O) groups is 1. The molecule has 6 nitrogen and oxygen atoms in total. The maximum absolute atomic E-state index is 12.2. The summed E-state index contributed by atoms with van der Waals surface area (Å²) < 4.78 is 7.47. The minimum absolute atomic E-state index is 0.131. The average molecular weight is 431 g/mol. The third-order valence-electron chi connectivity index (χ3n) is 4.23. The van der Waals surface area contributed by atoms with Gasteiger partial charge in [-0.05, 0) is 53.6 Å². The standard InChI is InChI=1S/C21H23ClN4O2S/c1-14(2)15-4-7-17(8-5-15)28-11-10-20(27)24-16-6-9-19(18(22)12-16)29-21-25-23-13-26(21)3/h4-9,12-14H,10-11H2,1-3H3,(H,24,27). The Labute approximate surface area is 179 Å². The molecule has 3 aromatic rings. The largest absolute Gasteiger partial charge is 0.493 e. The van der Waals surface area contributed by atoms with E-state index in [-0.39, 0.29) is 12.3 Å². The van der Waals surface area contributed by atoms with Gasteiger partial charge in [-0.1, -0.05) is 37.6 Å². The minimum atomic E-state index is -0.131. The third-order valence-corrected chi connectivity index (χ3v) is 5.78. The molecule has 0 aliphatic rings. The van der Waals surface area contributed by atoms with Crippen LogP contribution in [0.1, 0.15) is 31.7 Å². The number of aryl methyl sites for hydroxylation is 1. The number of amides is 1. The molecule has 0 bridgehead atoms. The summed E-state index contributed by atoms with van der Waals surface area (Å²) in [5.41, 5.74) is 1.90. The van der Waals surface area contributed by atoms with Crippen molar-refractivity contribution in [1.82, 2.24) is 14.8 Å². The lowest BCUT2D eigenvalue weighted by Gasteiger charge is -2.10. The predicted octanol–water partition coefficient (Wildman–Crippen LogP) is 5.15. The molecular formula is C21H23ClN4O2S. The molecule has 152 valence electrons. The van der Waals surface area contributed by atoms with Crippen molar-refractivity contribution >= 4 is 35.0 Å². The summed E-state index contributed by atoms with van der Waals surface area (Å²) in [7, 11) is 1.87. The van der Waals surface area contributed by atoms with Crippen LogP contribution in [0, 0.1) is 0 Å². The monoisotopic (exact) mass is 430 g/mol. The van der Waals surface area contributed by atoms with E-state index in [1.807, 2.05) is 48.0 Å². The molecule has 0 saturated heterocycles. The van der Waals surface area contributed by atoms with Gasteiger partial charge in [0.15, 0.2) is 5.16 Å². The number of benzene rings is 2. The van der Waals surface area contributed by atoms with Crippen LogP contribution >= 0.6 is 23.4 Å². The summed E-state index contributed by atoms with van der Waals surface area (Å²) in [6, 6.07) is 13.3. The Morgan fingerprint density at radius 1 is 1.24 bits per heavy atom. The summed E-state index contributed by atoms with van der Waals surface area (Å²) in [6.45, 7) is 4.60. The van der Waals surface area contributed by atoms with Crippen LogP contribution in [0.4, 0.5) is 5.69 Å². The van der Waals surface area contributed by atoms with Crippen LogP contribution in [0.25, 0.3) is 0 Å². The first-order valence-electron chi connectivity index (χ1n) is 9.26. The topological polar surface area (TPSA) is 69.0 Å². The lowest BCUT2D eigenvalue weighted by molar-refractivity contribution is -0.116. The molecule has 0 aliphatic carbocycles. The van der Waals surface area contributed by atoms with Crippen molar-refractivity contribution in [3.63, 3.8) is 0 Å². The molecule has 0 fully saturated rings. The van der Waals surface area contributed by atoms with Gasteiger partial charge in [-0.2, -0.15) is 0 Å². The zero-order valence-electron chi connectivity index (χ0n) is 16.6. The maximum Gasteiger partial charge on any atom is 0.227 e. The van der Waals surface area contributed by atoms with Crippen LogP contribution in [0.2, 0.25) is 5.02 Å². The molecule has 1 amide bonds. The Morgan fingerprint density at radius 3 is 2.62 bits per heavy atom. The van der Waals surface area contributed by atoms with E-state index in [1.54, 1.807) is 12.4 Å². The molecule has 1 aromatic heterocycles. The first-order valence-corrected chi connectivity index (χ1v) is 10.5. The molecule has 1 heterocycles. The fourth-order valence-electron chi connectivity index (χ4n) is 2.56. The van der Waals surface area contributed by atoms with Crippen molar-refractivity contribution in [2.75, 3.05) is 11.9 Å². The Kier molecular flexibility index (Phi) is 7.17. The van der Waals surface area contributed by atoms with E-state index in [0.717, 1.165) is 15.8 Å². The molecule has 0 unspecified atom stereocenters. The zero-order chi connectivity index (χ0) is 20.8. The van der Waals surface area contributed by atoms with Gasteiger partial charge in [0, 0.05) is 17.6 Å². The average Bonchev–Trinajstić information content (AvgIpc) is 3.09. The van der Waals surface area contributed by atoms with Gasteiger partial charge in [-0.15, -0.1) is 10.2 Å². The fraction of sp³-hybridized carbons (Fsp3) is 0.286. The molecule has 0 radical (unpaired) electrons. The Hall–Kier alpha value is -2.51. The number of nitrogens with zero attached hydrogens (tertiary/aromatic N) is 3. The van der Waals surface area contributed by atoms with Crippen LogP contribution in [-0.4, -0.2) is 27.3 Å². The van der Waals surface area contributed by atoms with Crippen molar-refractivity contribution in [3.8, 4) is 5.75 Å². The first-order chi connectivity index (χ1) is 13.9. The fourth-order valence-corrected chi connectivity index (χ4v) is 3.62. The van der Waals surface area contributed by atoms with E-state index in [1.165, 1.54) is 17.3 Å². The number of ether oxygens (including phenoxy) is 1. The van der Waals surface area contributed by atoms with Gasteiger partial charge in [0.2, 0.25) is 5.91 Å². The number of hydrogen-bond donors (Lipinski definition) is 1. The van der Waals surface area contributed by atoms with Gasteiger partial charge in [0.1, 0.15) is 12.1 Å². The molecule has 0 aliphatic heterocycles. The minimum Gasteiger partial charge on any atom is -0.493 e. The van der Waals surface area contributed by atoms with E-state index in [9.17, 15) is 4.79 Å². The number of halogens is 1. The molecule has 0 atom stereocenters. The molecule has 1 N–H and O–H groups in total. The van der Waals surface area contributed by atoms with E-state index in [4.69, 9.17) is 16.3 Å². The van der Waals surface area contributed by atoms with Crippen LogP contribution in [-0.2, 0) is 11.8 Å². The van der Waals surface area contributed by atoms with Gasteiger partial charge in [-0.25, -0.2) is 0 Å².